The zero-order chi connectivity index (χ0) is 52.0. The van der Waals surface area contributed by atoms with Crippen molar-refractivity contribution in [2.45, 2.75) is 5.41 Å². The van der Waals surface area contributed by atoms with E-state index in [4.69, 9.17) is 29.9 Å². The van der Waals surface area contributed by atoms with Gasteiger partial charge < -0.3 is 0 Å². The van der Waals surface area contributed by atoms with E-state index in [1.165, 1.54) is 44.5 Å². The third kappa shape index (κ3) is 7.05. The summed E-state index contributed by atoms with van der Waals surface area (Å²) in [6.07, 6.45) is 3.65. The first-order valence-corrected chi connectivity index (χ1v) is 26.7. The van der Waals surface area contributed by atoms with E-state index in [1.807, 2.05) is 30.6 Å². The molecule has 0 saturated carbocycles. The number of hydrogen-bond acceptors (Lipinski definition) is 6. The highest BCUT2D eigenvalue weighted by atomic mass is 15.0. The molecule has 0 amide bonds. The Morgan fingerprint density at radius 2 is 0.646 bits per heavy atom. The number of nitrogens with zero attached hydrogens (tertiary/aromatic N) is 6. The van der Waals surface area contributed by atoms with Gasteiger partial charge in [-0.2, -0.15) is 0 Å². The topological polar surface area (TPSA) is 77.3 Å². The highest BCUT2D eigenvalue weighted by Crippen LogP contribution is 2.63. The van der Waals surface area contributed by atoms with Crippen molar-refractivity contribution in [3.8, 4) is 101 Å². The number of fused-ring (bicyclic) bond motifs is 16. The molecular formula is C73H44N6. The summed E-state index contributed by atoms with van der Waals surface area (Å²) in [6, 6.07) is 91.0. The molecule has 4 aromatic heterocycles. The van der Waals surface area contributed by atoms with E-state index in [9.17, 15) is 0 Å². The minimum Gasteiger partial charge on any atom is -0.254 e. The van der Waals surface area contributed by atoms with Crippen molar-refractivity contribution in [1.29, 1.82) is 0 Å². The Balaban J connectivity index is 0.773. The van der Waals surface area contributed by atoms with Crippen LogP contribution < -0.4 is 0 Å². The maximum absolute atomic E-state index is 5.34. The largest absolute Gasteiger partial charge is 0.254 e. The molecule has 4 heterocycles. The molecule has 0 N–H and O–H groups in total. The average Bonchev–Trinajstić information content (AvgIpc) is 3.15. The van der Waals surface area contributed by atoms with Gasteiger partial charge in [0.1, 0.15) is 0 Å². The third-order valence-corrected chi connectivity index (χ3v) is 16.3. The molecule has 6 heteroatoms. The number of benzene rings is 10. The molecule has 0 fully saturated rings. The van der Waals surface area contributed by atoms with Crippen LogP contribution in [0.5, 0.6) is 0 Å². The van der Waals surface area contributed by atoms with Crippen LogP contribution in [0, 0.1) is 0 Å². The molecule has 14 aromatic rings. The van der Waals surface area contributed by atoms with Crippen LogP contribution in [0.25, 0.3) is 134 Å². The summed E-state index contributed by atoms with van der Waals surface area (Å²) in [4.78, 5) is 30.6. The Labute approximate surface area is 456 Å². The molecule has 366 valence electrons. The van der Waals surface area contributed by atoms with Gasteiger partial charge in [-0.1, -0.05) is 206 Å². The van der Waals surface area contributed by atoms with Crippen molar-refractivity contribution < 1.29 is 0 Å². The van der Waals surface area contributed by atoms with Gasteiger partial charge in [-0.05, 0) is 126 Å². The summed E-state index contributed by atoms with van der Waals surface area (Å²) < 4.78 is 0. The van der Waals surface area contributed by atoms with E-state index >= 15 is 0 Å². The third-order valence-electron chi connectivity index (χ3n) is 16.3. The predicted octanol–water partition coefficient (Wildman–Crippen LogP) is 17.5. The highest BCUT2D eigenvalue weighted by molar-refractivity contribution is 6.22. The monoisotopic (exact) mass is 1000 g/mol. The van der Waals surface area contributed by atoms with Crippen LogP contribution in [0.15, 0.2) is 267 Å². The maximum atomic E-state index is 5.34. The fourth-order valence-corrected chi connectivity index (χ4v) is 12.6. The van der Waals surface area contributed by atoms with Crippen LogP contribution >= 0.6 is 0 Å². The van der Waals surface area contributed by atoms with Gasteiger partial charge >= 0.3 is 0 Å². The molecule has 2 aliphatic rings. The summed E-state index contributed by atoms with van der Waals surface area (Å²) in [5.41, 5.74) is 23.7. The van der Waals surface area contributed by atoms with Gasteiger partial charge in [-0.3, -0.25) is 9.97 Å². The van der Waals surface area contributed by atoms with Gasteiger partial charge in [0.2, 0.25) is 0 Å². The van der Waals surface area contributed by atoms with E-state index in [2.05, 4.69) is 237 Å². The summed E-state index contributed by atoms with van der Waals surface area (Å²) in [5.74, 6) is 1.84. The standard InChI is InChI=1S/C73H44N6/c1-2-14-45(15-3-1)46-28-32-48(33-29-46)70-77-71(79-72(78-70)54-36-37-58-57-22-6-9-27-64(57)73(65(58)44-54)62-25-7-4-20-55(62)56-21-5-8-26-63(56)73)49-34-30-47(31-35-49)50-16-10-17-51(42-50)52-18-11-19-53(43-52)66-39-38-60-59-23-12-40-74-68(59)69-61(67(60)76-66)24-13-41-75-69/h1-44H. The Morgan fingerprint density at radius 1 is 0.228 bits per heavy atom. The molecule has 16 rings (SSSR count). The second-order valence-corrected chi connectivity index (χ2v) is 20.5. The Bertz CT molecular complexity index is 4680. The van der Waals surface area contributed by atoms with Crippen LogP contribution in [-0.4, -0.2) is 29.9 Å². The quantitative estimate of drug-likeness (QED) is 0.148. The number of pyridine rings is 3. The van der Waals surface area contributed by atoms with Crippen molar-refractivity contribution in [2.75, 3.05) is 0 Å². The van der Waals surface area contributed by atoms with Gasteiger partial charge in [0.05, 0.1) is 27.7 Å². The summed E-state index contributed by atoms with van der Waals surface area (Å²) in [7, 11) is 0. The van der Waals surface area contributed by atoms with Crippen molar-refractivity contribution in [2.24, 2.45) is 0 Å². The Morgan fingerprint density at radius 3 is 1.25 bits per heavy atom. The van der Waals surface area contributed by atoms with Gasteiger partial charge in [0.25, 0.3) is 0 Å². The van der Waals surface area contributed by atoms with Crippen molar-refractivity contribution >= 4 is 32.7 Å². The average molecular weight is 1010 g/mol. The molecule has 0 saturated heterocycles. The van der Waals surface area contributed by atoms with E-state index in [1.54, 1.807) is 0 Å². The van der Waals surface area contributed by atoms with Gasteiger partial charge in [-0.15, -0.1) is 0 Å². The first-order valence-electron chi connectivity index (χ1n) is 26.7. The van der Waals surface area contributed by atoms with E-state index in [-0.39, 0.29) is 0 Å². The molecule has 0 aliphatic heterocycles. The molecule has 0 atom stereocenters. The summed E-state index contributed by atoms with van der Waals surface area (Å²) >= 11 is 0. The lowest BCUT2D eigenvalue weighted by Crippen LogP contribution is -2.25. The lowest BCUT2D eigenvalue weighted by molar-refractivity contribution is 0.794. The number of hydrogen-bond donors (Lipinski definition) is 0. The van der Waals surface area contributed by atoms with Crippen molar-refractivity contribution in [3.63, 3.8) is 0 Å². The fraction of sp³-hybridized carbons (Fsp3) is 0.0137. The molecule has 2 aliphatic carbocycles. The van der Waals surface area contributed by atoms with E-state index in [0.29, 0.717) is 17.5 Å². The predicted molar refractivity (Wildman–Crippen MR) is 320 cm³/mol. The van der Waals surface area contributed by atoms with Crippen LogP contribution in [-0.2, 0) is 5.41 Å². The van der Waals surface area contributed by atoms with Crippen LogP contribution in [0.3, 0.4) is 0 Å². The minimum absolute atomic E-state index is 0.492. The molecular weight excluding hydrogens is 961 g/mol. The lowest BCUT2D eigenvalue weighted by Gasteiger charge is -2.30. The Hall–Kier alpha value is -10.6. The molecule has 0 bridgehead atoms. The zero-order valence-corrected chi connectivity index (χ0v) is 42.6. The molecule has 10 aromatic carbocycles. The SMILES string of the molecule is c1ccc(-c2ccc(-c3nc(-c4ccc(-c5cccc(-c6cccc(-c7ccc8c9cccnc9c9ncccc9c8n7)c6)c5)cc4)nc(-c4ccc5c(c4)C4(c6ccccc6-c6ccccc64)c4ccccc4-5)n3)cc2)cc1. The van der Waals surface area contributed by atoms with Crippen LogP contribution in [0.2, 0.25) is 0 Å². The fourth-order valence-electron chi connectivity index (χ4n) is 12.6. The van der Waals surface area contributed by atoms with E-state index in [0.717, 1.165) is 94.0 Å². The maximum Gasteiger partial charge on any atom is 0.164 e. The van der Waals surface area contributed by atoms with Crippen LogP contribution in [0.4, 0.5) is 0 Å². The van der Waals surface area contributed by atoms with Crippen molar-refractivity contribution in [1.82, 2.24) is 29.9 Å². The summed E-state index contributed by atoms with van der Waals surface area (Å²) in [5, 5.41) is 3.10. The van der Waals surface area contributed by atoms with Gasteiger partial charge in [-0.25, -0.2) is 19.9 Å². The molecule has 1 spiro atoms. The lowest BCUT2D eigenvalue weighted by atomic mass is 9.70. The normalized spacial score (nSPS) is 12.7. The first kappa shape index (κ1) is 44.7. The van der Waals surface area contributed by atoms with Gasteiger partial charge in [0, 0.05) is 50.8 Å². The smallest absolute Gasteiger partial charge is 0.164 e. The second kappa shape index (κ2) is 17.8. The van der Waals surface area contributed by atoms with Gasteiger partial charge in [0.15, 0.2) is 17.5 Å². The second-order valence-electron chi connectivity index (χ2n) is 20.5. The minimum atomic E-state index is -0.492. The van der Waals surface area contributed by atoms with Crippen molar-refractivity contribution in [3.05, 3.63) is 289 Å². The number of aromatic nitrogens is 6. The highest BCUT2D eigenvalue weighted by Gasteiger charge is 2.51. The van der Waals surface area contributed by atoms with E-state index < -0.39 is 5.41 Å². The Kier molecular flexibility index (Phi) is 10.1. The molecule has 6 nitrogen and oxygen atoms in total. The molecule has 79 heavy (non-hydrogen) atoms. The molecule has 0 radical (unpaired) electrons. The zero-order valence-electron chi connectivity index (χ0n) is 42.6. The molecule has 0 unspecified atom stereocenters. The van der Waals surface area contributed by atoms with Crippen LogP contribution in [0.1, 0.15) is 22.3 Å². The summed E-state index contributed by atoms with van der Waals surface area (Å²) in [6.45, 7) is 0. The first-order chi connectivity index (χ1) is 39.1. The number of rotatable bonds is 7.